The predicted molar refractivity (Wildman–Crippen MR) is 88.2 cm³/mol. The van der Waals surface area contributed by atoms with Gasteiger partial charge in [-0.15, -0.1) is 0 Å². The Morgan fingerprint density at radius 1 is 1.00 bits per heavy atom. The van der Waals surface area contributed by atoms with Gasteiger partial charge in [-0.3, -0.25) is 4.90 Å². The van der Waals surface area contributed by atoms with Gasteiger partial charge in [0.25, 0.3) is 0 Å². The van der Waals surface area contributed by atoms with Crippen LogP contribution in [-0.4, -0.2) is 48.6 Å². The van der Waals surface area contributed by atoms with Gasteiger partial charge in [0.05, 0.1) is 0 Å². The minimum Gasteiger partial charge on any atom is -0.301 e. The molecule has 2 heteroatoms. The highest BCUT2D eigenvalue weighted by molar-refractivity contribution is 4.85. The molecule has 0 aliphatic carbocycles. The van der Waals surface area contributed by atoms with Crippen LogP contribution >= 0.6 is 0 Å². The standard InChI is InChI=1S/C18H36N2/c1-4-5-7-11-18(2,3)16-19-12-9-14-20-13-8-6-10-17(20)15-19/h17H,4-16H2,1-3H3. The van der Waals surface area contributed by atoms with Gasteiger partial charge >= 0.3 is 0 Å². The summed E-state index contributed by atoms with van der Waals surface area (Å²) in [6, 6.07) is 0.859. The van der Waals surface area contributed by atoms with Crippen molar-refractivity contribution in [1.82, 2.24) is 9.80 Å². The summed E-state index contributed by atoms with van der Waals surface area (Å²) in [5, 5.41) is 0. The summed E-state index contributed by atoms with van der Waals surface area (Å²) in [6.45, 7) is 13.9. The Bertz CT molecular complexity index is 275. The zero-order valence-corrected chi connectivity index (χ0v) is 14.2. The van der Waals surface area contributed by atoms with Crippen LogP contribution in [0.3, 0.4) is 0 Å². The molecule has 20 heavy (non-hydrogen) atoms. The van der Waals surface area contributed by atoms with E-state index in [-0.39, 0.29) is 0 Å². The molecule has 2 nitrogen and oxygen atoms in total. The van der Waals surface area contributed by atoms with Gasteiger partial charge in [-0.2, -0.15) is 0 Å². The normalized spacial score (nSPS) is 26.2. The number of hydrogen-bond acceptors (Lipinski definition) is 2. The molecule has 0 N–H and O–H groups in total. The Balaban J connectivity index is 1.82. The van der Waals surface area contributed by atoms with Crippen LogP contribution in [0.25, 0.3) is 0 Å². The molecule has 0 radical (unpaired) electrons. The molecule has 2 fully saturated rings. The third-order valence-corrected chi connectivity index (χ3v) is 5.25. The van der Waals surface area contributed by atoms with Crippen molar-refractivity contribution in [2.75, 3.05) is 32.7 Å². The number of piperidine rings is 1. The lowest BCUT2D eigenvalue weighted by molar-refractivity contribution is 0.115. The average molecular weight is 280 g/mol. The van der Waals surface area contributed by atoms with Crippen LogP contribution in [0.2, 0.25) is 0 Å². The summed E-state index contributed by atoms with van der Waals surface area (Å²) < 4.78 is 0. The molecule has 0 aromatic heterocycles. The summed E-state index contributed by atoms with van der Waals surface area (Å²) in [5.74, 6) is 0. The number of hydrogen-bond donors (Lipinski definition) is 0. The first-order valence-corrected chi connectivity index (χ1v) is 9.07. The van der Waals surface area contributed by atoms with Crippen LogP contribution in [-0.2, 0) is 0 Å². The Morgan fingerprint density at radius 2 is 1.80 bits per heavy atom. The van der Waals surface area contributed by atoms with Crippen molar-refractivity contribution >= 4 is 0 Å². The Kier molecular flexibility index (Phi) is 6.35. The fraction of sp³-hybridized carbons (Fsp3) is 1.00. The molecule has 2 saturated heterocycles. The van der Waals surface area contributed by atoms with E-state index in [9.17, 15) is 0 Å². The van der Waals surface area contributed by atoms with E-state index in [2.05, 4.69) is 30.6 Å². The van der Waals surface area contributed by atoms with Crippen molar-refractivity contribution in [3.63, 3.8) is 0 Å². The maximum atomic E-state index is 2.78. The fourth-order valence-corrected chi connectivity index (χ4v) is 4.13. The number of unbranched alkanes of at least 4 members (excludes halogenated alkanes) is 2. The van der Waals surface area contributed by atoms with Gasteiger partial charge in [0.15, 0.2) is 0 Å². The minimum atomic E-state index is 0.499. The first-order valence-electron chi connectivity index (χ1n) is 9.07. The summed E-state index contributed by atoms with van der Waals surface area (Å²) >= 11 is 0. The molecule has 2 aliphatic heterocycles. The molecule has 2 heterocycles. The van der Waals surface area contributed by atoms with Crippen molar-refractivity contribution in [2.24, 2.45) is 5.41 Å². The molecule has 0 bridgehead atoms. The highest BCUT2D eigenvalue weighted by atomic mass is 15.2. The van der Waals surface area contributed by atoms with Gasteiger partial charge in [-0.1, -0.05) is 46.5 Å². The van der Waals surface area contributed by atoms with Crippen molar-refractivity contribution in [3.8, 4) is 0 Å². The maximum absolute atomic E-state index is 2.78. The topological polar surface area (TPSA) is 6.48 Å². The molecule has 0 amide bonds. The molecule has 2 rings (SSSR count). The second-order valence-corrected chi connectivity index (χ2v) is 7.90. The smallest absolute Gasteiger partial charge is 0.0223 e. The van der Waals surface area contributed by atoms with Crippen LogP contribution in [0.15, 0.2) is 0 Å². The predicted octanol–water partition coefficient (Wildman–Crippen LogP) is 4.15. The van der Waals surface area contributed by atoms with Crippen LogP contribution in [0.4, 0.5) is 0 Å². The molecular weight excluding hydrogens is 244 g/mol. The molecule has 118 valence electrons. The molecule has 1 atom stereocenters. The summed E-state index contributed by atoms with van der Waals surface area (Å²) in [7, 11) is 0. The van der Waals surface area contributed by atoms with Crippen molar-refractivity contribution in [3.05, 3.63) is 0 Å². The van der Waals surface area contributed by atoms with E-state index in [0.717, 1.165) is 6.04 Å². The van der Waals surface area contributed by atoms with Gasteiger partial charge in [0.2, 0.25) is 0 Å². The van der Waals surface area contributed by atoms with Gasteiger partial charge in [-0.25, -0.2) is 0 Å². The van der Waals surface area contributed by atoms with Crippen LogP contribution in [0.1, 0.15) is 72.1 Å². The second kappa shape index (κ2) is 7.79. The molecule has 2 aliphatic rings. The summed E-state index contributed by atoms with van der Waals surface area (Å²) in [5.41, 5.74) is 0.499. The quantitative estimate of drug-likeness (QED) is 0.674. The Morgan fingerprint density at radius 3 is 2.60 bits per heavy atom. The molecule has 0 spiro atoms. The summed E-state index contributed by atoms with van der Waals surface area (Å²) in [4.78, 5) is 5.55. The van der Waals surface area contributed by atoms with E-state index in [1.807, 2.05) is 0 Å². The number of fused-ring (bicyclic) bond motifs is 1. The zero-order valence-electron chi connectivity index (χ0n) is 14.2. The SMILES string of the molecule is CCCCCC(C)(C)CN1CCCN2CCCCC2C1. The molecule has 0 aromatic rings. The van der Waals surface area contributed by atoms with Gasteiger partial charge in [0, 0.05) is 19.1 Å². The Labute approximate surface area is 126 Å². The lowest BCUT2D eigenvalue weighted by Crippen LogP contribution is -2.45. The van der Waals surface area contributed by atoms with Crippen LogP contribution in [0.5, 0.6) is 0 Å². The fourth-order valence-electron chi connectivity index (χ4n) is 4.13. The first kappa shape index (κ1) is 16.3. The first-order chi connectivity index (χ1) is 9.61. The molecule has 0 saturated carbocycles. The molecule has 1 unspecified atom stereocenters. The van der Waals surface area contributed by atoms with E-state index in [1.54, 1.807) is 0 Å². The van der Waals surface area contributed by atoms with Crippen LogP contribution in [0, 0.1) is 5.41 Å². The van der Waals surface area contributed by atoms with Gasteiger partial charge in [0.1, 0.15) is 0 Å². The van der Waals surface area contributed by atoms with E-state index >= 15 is 0 Å². The largest absolute Gasteiger partial charge is 0.301 e. The van der Waals surface area contributed by atoms with Gasteiger partial charge < -0.3 is 4.90 Å². The average Bonchev–Trinajstić information content (AvgIpc) is 2.59. The van der Waals surface area contributed by atoms with E-state index in [0.29, 0.717) is 5.41 Å². The zero-order chi connectivity index (χ0) is 14.4. The van der Waals surface area contributed by atoms with Gasteiger partial charge in [-0.05, 0) is 50.7 Å². The van der Waals surface area contributed by atoms with E-state index < -0.39 is 0 Å². The van der Waals surface area contributed by atoms with Crippen molar-refractivity contribution in [1.29, 1.82) is 0 Å². The molecular formula is C18H36N2. The van der Waals surface area contributed by atoms with Crippen molar-refractivity contribution < 1.29 is 0 Å². The molecule has 0 aromatic carbocycles. The number of nitrogens with zero attached hydrogens (tertiary/aromatic N) is 2. The highest BCUT2D eigenvalue weighted by Gasteiger charge is 2.29. The third kappa shape index (κ3) is 5.04. The monoisotopic (exact) mass is 280 g/mol. The second-order valence-electron chi connectivity index (χ2n) is 7.90. The minimum absolute atomic E-state index is 0.499. The van der Waals surface area contributed by atoms with Crippen LogP contribution < -0.4 is 0 Å². The number of rotatable bonds is 6. The van der Waals surface area contributed by atoms with E-state index in [1.165, 1.54) is 84.1 Å². The maximum Gasteiger partial charge on any atom is 0.0223 e. The van der Waals surface area contributed by atoms with Crippen molar-refractivity contribution in [2.45, 2.75) is 78.2 Å². The highest BCUT2D eigenvalue weighted by Crippen LogP contribution is 2.27. The Hall–Kier alpha value is -0.0800. The third-order valence-electron chi connectivity index (χ3n) is 5.25. The lowest BCUT2D eigenvalue weighted by atomic mass is 9.86. The summed E-state index contributed by atoms with van der Waals surface area (Å²) in [6.07, 6.45) is 11.2. The van der Waals surface area contributed by atoms with E-state index in [4.69, 9.17) is 0 Å². The lowest BCUT2D eigenvalue weighted by Gasteiger charge is -2.37.